The smallest absolute Gasteiger partial charge is 0.331 e. The van der Waals surface area contributed by atoms with E-state index in [-0.39, 0.29) is 23.1 Å². The fourth-order valence-corrected chi connectivity index (χ4v) is 9.14. The Kier molecular flexibility index (Phi) is 7.44. The Morgan fingerprint density at radius 2 is 1.65 bits per heavy atom. The lowest BCUT2D eigenvalue weighted by atomic mass is 10.2. The van der Waals surface area contributed by atoms with E-state index in [1.165, 1.54) is 17.9 Å². The maximum atomic E-state index is 12.5. The van der Waals surface area contributed by atoms with E-state index in [2.05, 4.69) is 55.5 Å². The van der Waals surface area contributed by atoms with Crippen LogP contribution in [0.25, 0.3) is 0 Å². The molecule has 1 fully saturated rings. The number of nitrogens with one attached hydrogen (secondary N) is 2. The Balaban J connectivity index is 1.86. The molecule has 1 aliphatic heterocycles. The lowest BCUT2D eigenvalue weighted by Gasteiger charge is -2.43. The average Bonchev–Trinajstić information content (AvgIpc) is 3.25. The highest BCUT2D eigenvalue weighted by Gasteiger charge is 2.53. The molecular formula is C27H33N3O6Si. The summed E-state index contributed by atoms with van der Waals surface area (Å²) < 4.78 is 14.3. The van der Waals surface area contributed by atoms with Crippen LogP contribution in [0, 0.1) is 6.92 Å². The maximum Gasteiger partial charge on any atom is 0.331 e. The number of ether oxygens (including phenoxy) is 1. The van der Waals surface area contributed by atoms with Crippen LogP contribution in [0.3, 0.4) is 0 Å². The van der Waals surface area contributed by atoms with Crippen LogP contribution >= 0.6 is 0 Å². The van der Waals surface area contributed by atoms with Crippen LogP contribution in [0.4, 0.5) is 0 Å². The minimum atomic E-state index is -3.08. The van der Waals surface area contributed by atoms with Crippen molar-refractivity contribution < 1.29 is 19.1 Å². The first kappa shape index (κ1) is 26.5. The van der Waals surface area contributed by atoms with Crippen molar-refractivity contribution in [1.82, 2.24) is 15.0 Å². The van der Waals surface area contributed by atoms with Gasteiger partial charge in [-0.2, -0.15) is 0 Å². The summed E-state index contributed by atoms with van der Waals surface area (Å²) >= 11 is 0. The molecule has 9 nitrogen and oxygen atoms in total. The average molecular weight is 524 g/mol. The van der Waals surface area contributed by atoms with Crippen molar-refractivity contribution in [1.29, 1.82) is 0 Å². The Hall–Kier alpha value is -3.60. The minimum Gasteiger partial charge on any atom is -0.519 e. The van der Waals surface area contributed by atoms with Gasteiger partial charge in [0, 0.05) is 18.2 Å². The SMILES string of the molecule is CONC(O[Si](c1ccccc1)(c1ccccc1)C(C)(C)C)=C1O[C@@H](n2cc(C)c(=O)[nH]c2=O)C[C@@H]1O. The predicted molar refractivity (Wildman–Crippen MR) is 143 cm³/mol. The first-order valence-electron chi connectivity index (χ1n) is 12.1. The van der Waals surface area contributed by atoms with E-state index < -0.39 is 31.9 Å². The van der Waals surface area contributed by atoms with Crippen LogP contribution in [0.5, 0.6) is 0 Å². The topological polar surface area (TPSA) is 115 Å². The summed E-state index contributed by atoms with van der Waals surface area (Å²) in [6.45, 7) is 7.99. The third kappa shape index (κ3) is 5.00. The molecule has 0 radical (unpaired) electrons. The second kappa shape index (κ2) is 10.4. The van der Waals surface area contributed by atoms with Crippen molar-refractivity contribution in [2.45, 2.75) is 51.5 Å². The molecule has 0 spiro atoms. The molecule has 1 aromatic heterocycles. The molecule has 1 aliphatic rings. The zero-order valence-corrected chi connectivity index (χ0v) is 22.6. The molecule has 2 atom stereocenters. The van der Waals surface area contributed by atoms with E-state index in [1.807, 2.05) is 36.4 Å². The zero-order chi connectivity index (χ0) is 26.8. The number of benzene rings is 2. The van der Waals surface area contributed by atoms with Gasteiger partial charge in [-0.1, -0.05) is 81.4 Å². The van der Waals surface area contributed by atoms with Crippen molar-refractivity contribution in [3.8, 4) is 0 Å². The first-order chi connectivity index (χ1) is 17.6. The minimum absolute atomic E-state index is 0.0831. The van der Waals surface area contributed by atoms with Gasteiger partial charge in [0.2, 0.25) is 5.88 Å². The number of nitrogens with zero attached hydrogens (tertiary/aromatic N) is 1. The van der Waals surface area contributed by atoms with E-state index in [9.17, 15) is 14.7 Å². The summed E-state index contributed by atoms with van der Waals surface area (Å²) in [5.74, 6) is 0.261. The Morgan fingerprint density at radius 1 is 1.08 bits per heavy atom. The van der Waals surface area contributed by atoms with Gasteiger partial charge in [-0.05, 0) is 22.3 Å². The molecule has 0 bridgehead atoms. The summed E-state index contributed by atoms with van der Waals surface area (Å²) in [5.41, 5.74) is 2.06. The normalized spacial score (nSPS) is 19.3. The van der Waals surface area contributed by atoms with Gasteiger partial charge in [-0.25, -0.2) is 10.3 Å². The highest BCUT2D eigenvalue weighted by Crippen LogP contribution is 2.40. The van der Waals surface area contributed by atoms with Gasteiger partial charge in [0.1, 0.15) is 6.10 Å². The maximum absolute atomic E-state index is 12.5. The Labute approximate surface area is 216 Å². The number of aromatic amines is 1. The van der Waals surface area contributed by atoms with E-state index >= 15 is 0 Å². The number of aromatic nitrogens is 2. The lowest BCUT2D eigenvalue weighted by Crippen LogP contribution is -2.67. The number of aliphatic hydroxyl groups is 1. The summed E-state index contributed by atoms with van der Waals surface area (Å²) in [5, 5.41) is 12.7. The monoisotopic (exact) mass is 523 g/mol. The van der Waals surface area contributed by atoms with E-state index in [0.717, 1.165) is 10.4 Å². The van der Waals surface area contributed by atoms with Gasteiger partial charge < -0.3 is 14.3 Å². The highest BCUT2D eigenvalue weighted by molar-refractivity contribution is 6.99. The van der Waals surface area contributed by atoms with Crippen LogP contribution in [0.1, 0.15) is 39.0 Å². The van der Waals surface area contributed by atoms with Crippen molar-refractivity contribution in [2.24, 2.45) is 0 Å². The highest BCUT2D eigenvalue weighted by atomic mass is 28.4. The third-order valence-corrected chi connectivity index (χ3v) is 11.5. The number of hydrogen-bond acceptors (Lipinski definition) is 7. The van der Waals surface area contributed by atoms with Crippen LogP contribution in [-0.4, -0.2) is 36.2 Å². The molecule has 0 aliphatic carbocycles. The molecule has 37 heavy (non-hydrogen) atoms. The molecule has 2 heterocycles. The summed E-state index contributed by atoms with van der Waals surface area (Å²) in [7, 11) is -1.63. The molecule has 1 saturated heterocycles. The van der Waals surface area contributed by atoms with Gasteiger partial charge in [0.25, 0.3) is 5.56 Å². The van der Waals surface area contributed by atoms with Gasteiger partial charge >= 0.3 is 14.0 Å². The molecule has 0 amide bonds. The quantitative estimate of drug-likeness (QED) is 0.247. The van der Waals surface area contributed by atoms with Crippen LogP contribution < -0.4 is 27.1 Å². The molecule has 4 rings (SSSR count). The van der Waals surface area contributed by atoms with E-state index in [0.29, 0.717) is 5.56 Å². The summed E-state index contributed by atoms with van der Waals surface area (Å²) in [6, 6.07) is 20.0. The van der Waals surface area contributed by atoms with E-state index in [1.54, 1.807) is 6.92 Å². The van der Waals surface area contributed by atoms with Crippen molar-refractivity contribution in [2.75, 3.05) is 7.11 Å². The zero-order valence-electron chi connectivity index (χ0n) is 21.6. The third-order valence-electron chi connectivity index (χ3n) is 6.54. The van der Waals surface area contributed by atoms with Gasteiger partial charge in [-0.3, -0.25) is 19.2 Å². The number of hydrogen-bond donors (Lipinski definition) is 3. The second-order valence-corrected chi connectivity index (χ2v) is 14.3. The predicted octanol–water partition coefficient (Wildman–Crippen LogP) is 2.02. The van der Waals surface area contributed by atoms with Crippen molar-refractivity contribution >= 4 is 18.7 Å². The number of H-pyrrole nitrogens is 1. The molecular weight excluding hydrogens is 490 g/mol. The molecule has 196 valence electrons. The van der Waals surface area contributed by atoms with Crippen molar-refractivity contribution in [3.05, 3.63) is 105 Å². The van der Waals surface area contributed by atoms with E-state index in [4.69, 9.17) is 14.0 Å². The van der Waals surface area contributed by atoms with Gasteiger partial charge in [-0.15, -0.1) is 0 Å². The largest absolute Gasteiger partial charge is 0.519 e. The molecule has 10 heteroatoms. The Morgan fingerprint density at radius 3 is 2.16 bits per heavy atom. The number of rotatable bonds is 7. The number of hydroxylamine groups is 1. The summed E-state index contributed by atoms with van der Waals surface area (Å²) in [6.07, 6.45) is -0.419. The van der Waals surface area contributed by atoms with Crippen molar-refractivity contribution in [3.63, 3.8) is 0 Å². The number of aliphatic hydroxyl groups excluding tert-OH is 1. The molecule has 3 N–H and O–H groups in total. The number of aryl methyl sites for hydroxylation is 1. The van der Waals surface area contributed by atoms with Gasteiger partial charge in [0.15, 0.2) is 12.0 Å². The molecule has 0 unspecified atom stereocenters. The molecule has 2 aromatic carbocycles. The fraction of sp³-hybridized carbons (Fsp3) is 0.333. The summed E-state index contributed by atoms with van der Waals surface area (Å²) in [4.78, 5) is 31.9. The lowest BCUT2D eigenvalue weighted by molar-refractivity contribution is 0.0459. The first-order valence-corrected chi connectivity index (χ1v) is 14.0. The fourth-order valence-electron chi connectivity index (χ4n) is 4.76. The van der Waals surface area contributed by atoms with Crippen LogP contribution in [0.15, 0.2) is 88.1 Å². The molecule has 3 aromatic rings. The van der Waals surface area contributed by atoms with Crippen LogP contribution in [-0.2, 0) is 14.0 Å². The van der Waals surface area contributed by atoms with Crippen LogP contribution in [0.2, 0.25) is 5.04 Å². The Bertz CT molecular complexity index is 1340. The standard InChI is InChI=1S/C27H33N3O6Si/c1-18-17-30(26(33)28-24(18)32)22-16-21(31)23(35-22)25(29-34-5)36-37(27(2,3)4,19-12-8-6-9-13-19)20-14-10-7-11-15-20/h6-15,17,21-22,29,31H,16H2,1-5H3,(H,28,32,33)/t21-,22+/m0/s1. The second-order valence-electron chi connectivity index (χ2n) is 10.1. The molecule has 0 saturated carbocycles. The van der Waals surface area contributed by atoms with Gasteiger partial charge in [0.05, 0.1) is 7.11 Å².